The molecule has 1 amide bonds. The number of rotatable bonds is 4. The molecule has 0 fully saturated rings. The van der Waals surface area contributed by atoms with Crippen LogP contribution in [0.5, 0.6) is 5.75 Å². The number of amides is 1. The summed E-state index contributed by atoms with van der Waals surface area (Å²) < 4.78 is 11.3. The van der Waals surface area contributed by atoms with Gasteiger partial charge in [-0.3, -0.25) is 4.79 Å². The van der Waals surface area contributed by atoms with E-state index in [0.717, 1.165) is 26.4 Å². The van der Waals surface area contributed by atoms with Crippen LogP contribution in [0.25, 0.3) is 10.2 Å². The summed E-state index contributed by atoms with van der Waals surface area (Å²) in [5.74, 6) is 0.432. The first-order valence-electron chi connectivity index (χ1n) is 8.70. The van der Waals surface area contributed by atoms with Gasteiger partial charge in [-0.25, -0.2) is 9.78 Å². The Morgan fingerprint density at radius 2 is 2.07 bits per heavy atom. The quantitative estimate of drug-likeness (QED) is 0.651. The topological polar surface area (TPSA) is 80.8 Å². The highest BCUT2D eigenvalue weighted by Gasteiger charge is 2.29. The SMILES string of the molecule is COC(=O)c1c(Nc2nc3ccc(OC)cc3s2)sc2c1CCN(C(C)=O)C2. The highest BCUT2D eigenvalue weighted by Crippen LogP contribution is 2.40. The van der Waals surface area contributed by atoms with E-state index in [0.29, 0.717) is 35.2 Å². The maximum atomic E-state index is 12.5. The van der Waals surface area contributed by atoms with Gasteiger partial charge >= 0.3 is 5.97 Å². The molecule has 9 heteroatoms. The van der Waals surface area contributed by atoms with Crippen LogP contribution in [-0.4, -0.2) is 42.5 Å². The number of anilines is 2. The number of fused-ring (bicyclic) bond motifs is 2. The Bertz CT molecular complexity index is 1070. The molecule has 3 aromatic rings. The monoisotopic (exact) mass is 417 g/mol. The zero-order valence-corrected chi connectivity index (χ0v) is 17.3. The van der Waals surface area contributed by atoms with E-state index >= 15 is 0 Å². The van der Waals surface area contributed by atoms with E-state index in [4.69, 9.17) is 9.47 Å². The molecule has 1 aliphatic heterocycles. The number of nitrogens with zero attached hydrogens (tertiary/aromatic N) is 2. The number of hydrogen-bond donors (Lipinski definition) is 1. The van der Waals surface area contributed by atoms with Gasteiger partial charge in [0.05, 0.1) is 36.5 Å². The second-order valence-electron chi connectivity index (χ2n) is 6.37. The first kappa shape index (κ1) is 18.7. The number of nitrogens with one attached hydrogen (secondary N) is 1. The van der Waals surface area contributed by atoms with E-state index in [1.807, 2.05) is 18.2 Å². The normalized spacial score (nSPS) is 13.3. The third kappa shape index (κ3) is 3.31. The lowest BCUT2D eigenvalue weighted by atomic mass is 10.0. The third-order valence-electron chi connectivity index (χ3n) is 4.71. The van der Waals surface area contributed by atoms with E-state index in [1.165, 1.54) is 29.8 Å². The summed E-state index contributed by atoms with van der Waals surface area (Å²) >= 11 is 2.96. The predicted octanol–water partition coefficient (Wildman–Crippen LogP) is 3.80. The van der Waals surface area contributed by atoms with Crippen molar-refractivity contribution in [2.24, 2.45) is 0 Å². The van der Waals surface area contributed by atoms with E-state index in [9.17, 15) is 9.59 Å². The maximum Gasteiger partial charge on any atom is 0.341 e. The maximum absolute atomic E-state index is 12.5. The molecular weight excluding hydrogens is 398 g/mol. The fraction of sp³-hybridized carbons (Fsp3) is 0.316. The summed E-state index contributed by atoms with van der Waals surface area (Å²) in [5.41, 5.74) is 2.36. The predicted molar refractivity (Wildman–Crippen MR) is 110 cm³/mol. The molecule has 1 aliphatic rings. The van der Waals surface area contributed by atoms with E-state index < -0.39 is 0 Å². The average molecular weight is 418 g/mol. The highest BCUT2D eigenvalue weighted by molar-refractivity contribution is 7.23. The molecule has 1 aromatic carbocycles. The molecule has 146 valence electrons. The Hall–Kier alpha value is -2.65. The lowest BCUT2D eigenvalue weighted by Gasteiger charge is -2.25. The van der Waals surface area contributed by atoms with Gasteiger partial charge in [0.2, 0.25) is 5.91 Å². The standard InChI is InChI=1S/C19H19N3O4S2/c1-10(23)22-7-6-12-15(9-22)27-17(16(12)18(24)26-3)21-19-20-13-5-4-11(25-2)8-14(13)28-19/h4-5,8H,6-7,9H2,1-3H3,(H,20,21). The van der Waals surface area contributed by atoms with Crippen LogP contribution >= 0.6 is 22.7 Å². The number of benzene rings is 1. The van der Waals surface area contributed by atoms with E-state index in [1.54, 1.807) is 18.9 Å². The van der Waals surface area contributed by atoms with Crippen LogP contribution in [0.1, 0.15) is 27.7 Å². The Kier molecular flexibility index (Phi) is 4.94. The minimum absolute atomic E-state index is 0.0355. The van der Waals surface area contributed by atoms with Crippen molar-refractivity contribution in [1.82, 2.24) is 9.88 Å². The van der Waals surface area contributed by atoms with Crippen molar-refractivity contribution in [1.29, 1.82) is 0 Å². The first-order chi connectivity index (χ1) is 13.5. The van der Waals surface area contributed by atoms with Crippen LogP contribution in [0.3, 0.4) is 0 Å². The number of aromatic nitrogens is 1. The molecule has 0 atom stereocenters. The van der Waals surface area contributed by atoms with Gasteiger partial charge in [-0.2, -0.15) is 0 Å². The average Bonchev–Trinajstić information content (AvgIpc) is 3.26. The van der Waals surface area contributed by atoms with Gasteiger partial charge in [-0.1, -0.05) is 11.3 Å². The Labute approximate surface area is 169 Å². The van der Waals surface area contributed by atoms with Gasteiger partial charge in [0.25, 0.3) is 0 Å². The number of ether oxygens (including phenoxy) is 2. The fourth-order valence-corrected chi connectivity index (χ4v) is 5.47. The van der Waals surface area contributed by atoms with E-state index in [2.05, 4.69) is 10.3 Å². The molecule has 4 rings (SSSR count). The molecule has 7 nitrogen and oxygen atoms in total. The summed E-state index contributed by atoms with van der Waals surface area (Å²) in [5, 5.41) is 4.69. The minimum atomic E-state index is -0.376. The molecule has 0 saturated carbocycles. The van der Waals surface area contributed by atoms with Gasteiger partial charge in [0, 0.05) is 18.3 Å². The summed E-state index contributed by atoms with van der Waals surface area (Å²) in [6, 6.07) is 5.71. The Morgan fingerprint density at radius 3 is 2.79 bits per heavy atom. The minimum Gasteiger partial charge on any atom is -0.497 e. The molecule has 0 bridgehead atoms. The summed E-state index contributed by atoms with van der Waals surface area (Å²) in [7, 11) is 3.01. The fourth-order valence-electron chi connectivity index (χ4n) is 3.26. The van der Waals surface area contributed by atoms with Crippen molar-refractivity contribution >= 4 is 54.9 Å². The number of methoxy groups -OCH3 is 2. The van der Waals surface area contributed by atoms with Gasteiger partial charge in [-0.05, 0) is 30.2 Å². The van der Waals surface area contributed by atoms with Crippen LogP contribution in [0.4, 0.5) is 10.1 Å². The van der Waals surface area contributed by atoms with Crippen molar-refractivity contribution in [3.63, 3.8) is 0 Å². The molecule has 0 radical (unpaired) electrons. The van der Waals surface area contributed by atoms with Gasteiger partial charge < -0.3 is 19.7 Å². The van der Waals surface area contributed by atoms with Crippen LogP contribution in [0.15, 0.2) is 18.2 Å². The lowest BCUT2D eigenvalue weighted by molar-refractivity contribution is -0.129. The third-order valence-corrected chi connectivity index (χ3v) is 6.77. The van der Waals surface area contributed by atoms with Crippen LogP contribution < -0.4 is 10.1 Å². The highest BCUT2D eigenvalue weighted by atomic mass is 32.1. The Morgan fingerprint density at radius 1 is 1.25 bits per heavy atom. The first-order valence-corrected chi connectivity index (χ1v) is 10.3. The molecule has 1 N–H and O–H groups in total. The number of thiazole rings is 1. The lowest BCUT2D eigenvalue weighted by Crippen LogP contribution is -2.33. The molecule has 28 heavy (non-hydrogen) atoms. The molecule has 0 unspecified atom stereocenters. The van der Waals surface area contributed by atoms with Gasteiger partial charge in [0.1, 0.15) is 10.8 Å². The summed E-state index contributed by atoms with van der Waals surface area (Å²) in [6.07, 6.45) is 0.634. The summed E-state index contributed by atoms with van der Waals surface area (Å²) in [6.45, 7) is 2.68. The van der Waals surface area contributed by atoms with E-state index in [-0.39, 0.29) is 11.9 Å². The van der Waals surface area contributed by atoms with Crippen LogP contribution in [0.2, 0.25) is 0 Å². The largest absolute Gasteiger partial charge is 0.497 e. The molecule has 3 heterocycles. The number of hydrogen-bond acceptors (Lipinski definition) is 8. The molecule has 0 spiro atoms. The molecule has 0 saturated heterocycles. The van der Waals surface area contributed by atoms with Crippen molar-refractivity contribution in [2.45, 2.75) is 19.9 Å². The van der Waals surface area contributed by atoms with Crippen molar-refractivity contribution < 1.29 is 19.1 Å². The number of thiophene rings is 1. The molecule has 2 aromatic heterocycles. The zero-order chi connectivity index (χ0) is 19.8. The second kappa shape index (κ2) is 7.40. The van der Waals surface area contributed by atoms with Crippen LogP contribution in [-0.2, 0) is 22.5 Å². The van der Waals surface area contributed by atoms with Crippen LogP contribution in [0, 0.1) is 0 Å². The number of esters is 1. The molecule has 0 aliphatic carbocycles. The number of carbonyl (C=O) groups is 2. The van der Waals surface area contributed by atoms with Crippen molar-refractivity contribution in [2.75, 3.05) is 26.1 Å². The van der Waals surface area contributed by atoms with Gasteiger partial charge in [-0.15, -0.1) is 11.3 Å². The van der Waals surface area contributed by atoms with Crippen molar-refractivity contribution in [3.8, 4) is 5.75 Å². The molecular formula is C19H19N3O4S2. The van der Waals surface area contributed by atoms with Gasteiger partial charge in [0.15, 0.2) is 5.13 Å². The Balaban J connectivity index is 1.71. The zero-order valence-electron chi connectivity index (χ0n) is 15.7. The second-order valence-corrected chi connectivity index (χ2v) is 8.50. The van der Waals surface area contributed by atoms with Crippen molar-refractivity contribution in [3.05, 3.63) is 34.2 Å². The summed E-state index contributed by atoms with van der Waals surface area (Å²) in [4.78, 5) is 31.6. The smallest absolute Gasteiger partial charge is 0.341 e. The number of carbonyl (C=O) groups excluding carboxylic acids is 2.